The predicted octanol–water partition coefficient (Wildman–Crippen LogP) is 2.14. The van der Waals surface area contributed by atoms with Crippen molar-refractivity contribution >= 4 is 5.91 Å². The van der Waals surface area contributed by atoms with Gasteiger partial charge in [0.2, 0.25) is 5.91 Å². The first-order chi connectivity index (χ1) is 10.6. The minimum absolute atomic E-state index is 0.234. The van der Waals surface area contributed by atoms with Crippen LogP contribution < -0.4 is 10.5 Å². The maximum Gasteiger partial charge on any atom is 0.226 e. The van der Waals surface area contributed by atoms with Gasteiger partial charge in [-0.25, -0.2) is 0 Å². The zero-order chi connectivity index (χ0) is 15.5. The number of benzene rings is 1. The van der Waals surface area contributed by atoms with Crippen LogP contribution in [0.3, 0.4) is 0 Å². The van der Waals surface area contributed by atoms with E-state index >= 15 is 0 Å². The van der Waals surface area contributed by atoms with Crippen LogP contribution in [0.1, 0.15) is 37.3 Å². The molecule has 22 heavy (non-hydrogen) atoms. The number of hydrogen-bond donors (Lipinski definition) is 1. The number of piperidine rings is 1. The van der Waals surface area contributed by atoms with Gasteiger partial charge in [-0.15, -0.1) is 0 Å². The van der Waals surface area contributed by atoms with Crippen molar-refractivity contribution < 1.29 is 9.53 Å². The van der Waals surface area contributed by atoms with Crippen LogP contribution in [0, 0.1) is 5.92 Å². The smallest absolute Gasteiger partial charge is 0.226 e. The van der Waals surface area contributed by atoms with Crippen LogP contribution in [-0.4, -0.2) is 36.5 Å². The highest BCUT2D eigenvalue weighted by Gasteiger charge is 2.25. The van der Waals surface area contributed by atoms with Gasteiger partial charge in [0.15, 0.2) is 0 Å². The number of amides is 1. The maximum atomic E-state index is 12.5. The second-order valence-corrected chi connectivity index (χ2v) is 6.65. The molecule has 1 aromatic carbocycles. The lowest BCUT2D eigenvalue weighted by Crippen LogP contribution is -2.43. The van der Waals surface area contributed by atoms with E-state index in [1.165, 1.54) is 5.56 Å². The second kappa shape index (κ2) is 6.69. The highest BCUT2D eigenvalue weighted by molar-refractivity contribution is 5.79. The molecule has 1 aromatic rings. The number of ether oxygens (including phenoxy) is 1. The van der Waals surface area contributed by atoms with E-state index in [9.17, 15) is 4.79 Å². The molecule has 2 heterocycles. The predicted molar refractivity (Wildman–Crippen MR) is 86.9 cm³/mol. The van der Waals surface area contributed by atoms with Crippen molar-refractivity contribution in [3.05, 3.63) is 29.3 Å². The van der Waals surface area contributed by atoms with Crippen molar-refractivity contribution in [3.63, 3.8) is 0 Å². The number of carbonyl (C=O) groups is 1. The van der Waals surface area contributed by atoms with E-state index in [1.54, 1.807) is 0 Å². The van der Waals surface area contributed by atoms with Crippen LogP contribution in [0.5, 0.6) is 5.75 Å². The van der Waals surface area contributed by atoms with Gasteiger partial charge >= 0.3 is 0 Å². The normalized spacial score (nSPS) is 20.2. The summed E-state index contributed by atoms with van der Waals surface area (Å²) in [5.41, 5.74) is 8.31. The SMILES string of the molecule is CC(N)C1CCN(C(=O)Cc2ccc3c(c2)CCCO3)CC1. The monoisotopic (exact) mass is 302 g/mol. The molecule has 0 saturated carbocycles. The molecule has 0 radical (unpaired) electrons. The van der Waals surface area contributed by atoms with Gasteiger partial charge in [-0.2, -0.15) is 0 Å². The van der Waals surface area contributed by atoms with Crippen LogP contribution in [0.4, 0.5) is 0 Å². The lowest BCUT2D eigenvalue weighted by atomic mass is 9.90. The van der Waals surface area contributed by atoms with Gasteiger partial charge in [0.25, 0.3) is 0 Å². The summed E-state index contributed by atoms with van der Waals surface area (Å²) in [6, 6.07) is 6.41. The van der Waals surface area contributed by atoms with E-state index in [1.807, 2.05) is 17.0 Å². The molecule has 1 fully saturated rings. The largest absolute Gasteiger partial charge is 0.493 e. The standard InChI is InChI=1S/C18H26N2O2/c1-13(19)15-6-8-20(9-7-15)18(21)12-14-4-5-17-16(11-14)3-2-10-22-17/h4-5,11,13,15H,2-3,6-10,12,19H2,1H3. The van der Waals surface area contributed by atoms with E-state index in [0.29, 0.717) is 12.3 Å². The number of fused-ring (bicyclic) bond motifs is 1. The Balaban J connectivity index is 1.58. The van der Waals surface area contributed by atoms with Gasteiger partial charge in [0.05, 0.1) is 13.0 Å². The van der Waals surface area contributed by atoms with E-state index in [4.69, 9.17) is 10.5 Å². The van der Waals surface area contributed by atoms with Crippen molar-refractivity contribution in [3.8, 4) is 5.75 Å². The molecule has 0 aliphatic carbocycles. The molecule has 2 N–H and O–H groups in total. The van der Waals surface area contributed by atoms with E-state index in [0.717, 1.165) is 56.7 Å². The second-order valence-electron chi connectivity index (χ2n) is 6.65. The minimum atomic E-state index is 0.234. The Labute approximate surface area is 132 Å². The summed E-state index contributed by atoms with van der Waals surface area (Å²) in [6.45, 7) is 4.56. The molecule has 0 spiro atoms. The minimum Gasteiger partial charge on any atom is -0.493 e. The molecule has 2 aliphatic heterocycles. The molecule has 2 aliphatic rings. The Hall–Kier alpha value is -1.55. The lowest BCUT2D eigenvalue weighted by molar-refractivity contribution is -0.131. The van der Waals surface area contributed by atoms with E-state index in [2.05, 4.69) is 13.0 Å². The van der Waals surface area contributed by atoms with Crippen molar-refractivity contribution in [2.45, 2.75) is 45.1 Å². The third-order valence-electron chi connectivity index (χ3n) is 4.96. The van der Waals surface area contributed by atoms with Gasteiger partial charge in [-0.05, 0) is 55.7 Å². The maximum absolute atomic E-state index is 12.5. The molecular formula is C18H26N2O2. The summed E-state index contributed by atoms with van der Waals surface area (Å²) in [5.74, 6) is 1.78. The summed E-state index contributed by atoms with van der Waals surface area (Å²) in [7, 11) is 0. The first kappa shape index (κ1) is 15.3. The number of hydrogen-bond acceptors (Lipinski definition) is 3. The van der Waals surface area contributed by atoms with E-state index < -0.39 is 0 Å². The number of rotatable bonds is 3. The van der Waals surface area contributed by atoms with Crippen molar-refractivity contribution in [2.75, 3.05) is 19.7 Å². The Bertz CT molecular complexity index is 534. The molecule has 4 heteroatoms. The molecule has 3 rings (SSSR count). The van der Waals surface area contributed by atoms with Crippen molar-refractivity contribution in [1.29, 1.82) is 0 Å². The lowest BCUT2D eigenvalue weighted by Gasteiger charge is -2.33. The van der Waals surface area contributed by atoms with Crippen LogP contribution in [0.2, 0.25) is 0 Å². The fraction of sp³-hybridized carbons (Fsp3) is 0.611. The molecule has 1 unspecified atom stereocenters. The van der Waals surface area contributed by atoms with Gasteiger partial charge in [0, 0.05) is 19.1 Å². The third-order valence-corrected chi connectivity index (χ3v) is 4.96. The fourth-order valence-corrected chi connectivity index (χ4v) is 3.48. The van der Waals surface area contributed by atoms with Crippen LogP contribution in [-0.2, 0) is 17.6 Å². The third kappa shape index (κ3) is 3.43. The highest BCUT2D eigenvalue weighted by Crippen LogP contribution is 2.26. The molecule has 0 aromatic heterocycles. The Morgan fingerprint density at radius 2 is 2.18 bits per heavy atom. The molecule has 1 amide bonds. The number of carbonyl (C=O) groups excluding carboxylic acids is 1. The summed E-state index contributed by atoms with van der Waals surface area (Å²) in [6.07, 6.45) is 4.67. The Kier molecular flexibility index (Phi) is 4.67. The van der Waals surface area contributed by atoms with Crippen LogP contribution in [0.25, 0.3) is 0 Å². The molecule has 1 atom stereocenters. The number of nitrogens with two attached hydrogens (primary N) is 1. The van der Waals surface area contributed by atoms with Gasteiger partial charge in [-0.1, -0.05) is 12.1 Å². The Morgan fingerprint density at radius 3 is 2.91 bits per heavy atom. The number of aryl methyl sites for hydroxylation is 1. The van der Waals surface area contributed by atoms with Crippen molar-refractivity contribution in [2.24, 2.45) is 11.7 Å². The van der Waals surface area contributed by atoms with E-state index in [-0.39, 0.29) is 11.9 Å². The fourth-order valence-electron chi connectivity index (χ4n) is 3.48. The molecule has 4 nitrogen and oxygen atoms in total. The average Bonchev–Trinajstić information content (AvgIpc) is 2.55. The molecule has 120 valence electrons. The Morgan fingerprint density at radius 1 is 1.41 bits per heavy atom. The first-order valence-corrected chi connectivity index (χ1v) is 8.41. The summed E-state index contributed by atoms with van der Waals surface area (Å²) in [5, 5.41) is 0. The van der Waals surface area contributed by atoms with Gasteiger partial charge in [0.1, 0.15) is 5.75 Å². The summed E-state index contributed by atoms with van der Waals surface area (Å²) < 4.78 is 5.63. The first-order valence-electron chi connectivity index (χ1n) is 8.41. The summed E-state index contributed by atoms with van der Waals surface area (Å²) >= 11 is 0. The van der Waals surface area contributed by atoms with Gasteiger partial charge in [-0.3, -0.25) is 4.79 Å². The highest BCUT2D eigenvalue weighted by atomic mass is 16.5. The zero-order valence-electron chi connectivity index (χ0n) is 13.4. The van der Waals surface area contributed by atoms with Crippen molar-refractivity contribution in [1.82, 2.24) is 4.90 Å². The average molecular weight is 302 g/mol. The molecule has 1 saturated heterocycles. The van der Waals surface area contributed by atoms with Crippen LogP contribution in [0.15, 0.2) is 18.2 Å². The number of nitrogens with zero attached hydrogens (tertiary/aromatic N) is 1. The molecule has 0 bridgehead atoms. The zero-order valence-corrected chi connectivity index (χ0v) is 13.4. The number of likely N-dealkylation sites (tertiary alicyclic amines) is 1. The quantitative estimate of drug-likeness (QED) is 0.930. The van der Waals surface area contributed by atoms with Crippen LogP contribution >= 0.6 is 0 Å². The topological polar surface area (TPSA) is 55.6 Å². The van der Waals surface area contributed by atoms with Gasteiger partial charge < -0.3 is 15.4 Å². The summed E-state index contributed by atoms with van der Waals surface area (Å²) in [4.78, 5) is 14.5. The molecular weight excluding hydrogens is 276 g/mol.